The van der Waals surface area contributed by atoms with Crippen molar-refractivity contribution in [1.29, 1.82) is 0 Å². The van der Waals surface area contributed by atoms with Gasteiger partial charge < -0.3 is 28.6 Å². The number of allylic oxidation sites excluding steroid dienone is 4. The molecule has 8 nitrogen and oxygen atoms in total. The summed E-state index contributed by atoms with van der Waals surface area (Å²) in [5, 5.41) is 11.6. The lowest BCUT2D eigenvalue weighted by Gasteiger charge is -2.34. The summed E-state index contributed by atoms with van der Waals surface area (Å²) in [6, 6.07) is -0.726. The Balaban J connectivity index is 4.36. The fourth-order valence-electron chi connectivity index (χ4n) is 6.53. The summed E-state index contributed by atoms with van der Waals surface area (Å²) in [5.41, 5.74) is 0. The van der Waals surface area contributed by atoms with Gasteiger partial charge in [0.25, 0.3) is 0 Å². The molecule has 0 spiro atoms. The summed E-state index contributed by atoms with van der Waals surface area (Å²) in [7, 11) is 5.40. The van der Waals surface area contributed by atoms with E-state index in [0.717, 1.165) is 64.2 Å². The number of rotatable bonds is 40. The first kappa shape index (κ1) is 51.8. The molecule has 2 unspecified atom stereocenters. The highest BCUT2D eigenvalue weighted by Crippen LogP contribution is 2.14. The van der Waals surface area contributed by atoms with Crippen LogP contribution in [0.2, 0.25) is 0 Å². The van der Waals surface area contributed by atoms with Crippen LogP contribution in [0.4, 0.5) is 0 Å². The van der Waals surface area contributed by atoms with Gasteiger partial charge in [0.1, 0.15) is 12.6 Å². The van der Waals surface area contributed by atoms with Crippen molar-refractivity contribution >= 4 is 17.9 Å². The first-order chi connectivity index (χ1) is 26.1. The third-order valence-electron chi connectivity index (χ3n) is 10.1. The number of carboxylic acid groups (broad SMARTS) is 1. The average molecular weight is 764 g/mol. The van der Waals surface area contributed by atoms with E-state index in [1.807, 2.05) is 0 Å². The van der Waals surface area contributed by atoms with Crippen molar-refractivity contribution in [2.24, 2.45) is 0 Å². The Labute approximate surface area is 332 Å². The van der Waals surface area contributed by atoms with Crippen molar-refractivity contribution in [2.75, 3.05) is 41.0 Å². The van der Waals surface area contributed by atoms with Gasteiger partial charge in [0.15, 0.2) is 6.10 Å². The average Bonchev–Trinajstić information content (AvgIpc) is 3.12. The van der Waals surface area contributed by atoms with Crippen molar-refractivity contribution in [1.82, 2.24) is 0 Å². The first-order valence-corrected chi connectivity index (χ1v) is 22.4. The minimum absolute atomic E-state index is 0.0374. The quantitative estimate of drug-likeness (QED) is 0.0265. The van der Waals surface area contributed by atoms with Gasteiger partial charge in [-0.3, -0.25) is 9.59 Å². The highest BCUT2D eigenvalue weighted by atomic mass is 16.6. The number of esters is 2. The predicted octanol–water partition coefficient (Wildman–Crippen LogP) is 10.7. The van der Waals surface area contributed by atoms with E-state index >= 15 is 0 Å². The topological polar surface area (TPSA) is 102 Å². The lowest BCUT2D eigenvalue weighted by molar-refractivity contribution is -0.889. The van der Waals surface area contributed by atoms with Gasteiger partial charge >= 0.3 is 11.9 Å². The van der Waals surface area contributed by atoms with Crippen LogP contribution in [0.1, 0.15) is 200 Å². The Morgan fingerprint density at radius 3 is 1.33 bits per heavy atom. The maximum atomic E-state index is 12.7. The van der Waals surface area contributed by atoms with Gasteiger partial charge in [-0.2, -0.15) is 0 Å². The first-order valence-electron chi connectivity index (χ1n) is 22.4. The number of hydrogen-bond acceptors (Lipinski definition) is 7. The van der Waals surface area contributed by atoms with Crippen LogP contribution in [-0.2, 0) is 28.6 Å². The zero-order valence-corrected chi connectivity index (χ0v) is 35.9. The molecule has 0 N–H and O–H groups in total. The minimum Gasteiger partial charge on any atom is -0.544 e. The lowest BCUT2D eigenvalue weighted by Crippen LogP contribution is -2.55. The number of aliphatic carboxylic acids is 1. The molecule has 8 heteroatoms. The molecule has 54 heavy (non-hydrogen) atoms. The zero-order valence-electron chi connectivity index (χ0n) is 35.9. The van der Waals surface area contributed by atoms with E-state index < -0.39 is 18.1 Å². The SMILES string of the molecule is CCCCCCC/C=C\CCCCCCCC(=O)OCC(COCCC(C(=O)[O-])[N+](C)(C)C)OC(=O)CCCCCCC/C=C\CCCCCCCCC. The molecule has 0 bridgehead atoms. The van der Waals surface area contributed by atoms with Crippen molar-refractivity contribution < 1.29 is 38.2 Å². The number of ether oxygens (including phenoxy) is 3. The van der Waals surface area contributed by atoms with Gasteiger partial charge in [0.2, 0.25) is 0 Å². The highest BCUT2D eigenvalue weighted by molar-refractivity contribution is 5.70. The maximum absolute atomic E-state index is 12.7. The molecule has 2 atom stereocenters. The molecule has 316 valence electrons. The monoisotopic (exact) mass is 764 g/mol. The van der Waals surface area contributed by atoms with Crippen molar-refractivity contribution in [3.63, 3.8) is 0 Å². The number of nitrogens with zero attached hydrogens (tertiary/aromatic N) is 1. The van der Waals surface area contributed by atoms with Gasteiger partial charge in [0, 0.05) is 19.3 Å². The second-order valence-electron chi connectivity index (χ2n) is 16.3. The Bertz CT molecular complexity index is 942. The highest BCUT2D eigenvalue weighted by Gasteiger charge is 2.25. The van der Waals surface area contributed by atoms with E-state index in [1.165, 1.54) is 103 Å². The third-order valence-corrected chi connectivity index (χ3v) is 10.1. The van der Waals surface area contributed by atoms with Crippen LogP contribution in [0, 0.1) is 0 Å². The fourth-order valence-corrected chi connectivity index (χ4v) is 6.53. The molecule has 0 rings (SSSR count). The molecule has 0 saturated carbocycles. The Morgan fingerprint density at radius 1 is 0.537 bits per heavy atom. The van der Waals surface area contributed by atoms with Crippen LogP contribution in [0.3, 0.4) is 0 Å². The van der Waals surface area contributed by atoms with Crippen molar-refractivity contribution in [3.05, 3.63) is 24.3 Å². The number of hydrogen-bond donors (Lipinski definition) is 0. The molecule has 0 aromatic rings. The molecule has 0 heterocycles. The number of unbranched alkanes of at least 4 members (excludes halogenated alkanes) is 22. The minimum atomic E-state index is -1.13. The van der Waals surface area contributed by atoms with E-state index in [4.69, 9.17) is 14.2 Å². The van der Waals surface area contributed by atoms with Gasteiger partial charge in [-0.1, -0.05) is 141 Å². The summed E-state index contributed by atoms with van der Waals surface area (Å²) in [6.07, 6.45) is 40.5. The Morgan fingerprint density at radius 2 is 0.926 bits per heavy atom. The molecule has 0 fully saturated rings. The van der Waals surface area contributed by atoms with E-state index in [2.05, 4.69) is 38.2 Å². The summed E-state index contributed by atoms with van der Waals surface area (Å²) in [6.45, 7) is 4.64. The van der Waals surface area contributed by atoms with Crippen LogP contribution < -0.4 is 5.11 Å². The van der Waals surface area contributed by atoms with Crippen LogP contribution in [0.25, 0.3) is 0 Å². The molecular formula is C46H85NO7. The van der Waals surface area contributed by atoms with Crippen molar-refractivity contribution in [3.8, 4) is 0 Å². The third kappa shape index (κ3) is 35.5. The largest absolute Gasteiger partial charge is 0.544 e. The predicted molar refractivity (Wildman–Crippen MR) is 222 cm³/mol. The molecule has 0 saturated heterocycles. The molecule has 0 aromatic carbocycles. The summed E-state index contributed by atoms with van der Waals surface area (Å²) in [4.78, 5) is 36.8. The van der Waals surface area contributed by atoms with Gasteiger partial charge in [-0.15, -0.1) is 0 Å². The molecule has 0 aliphatic heterocycles. The van der Waals surface area contributed by atoms with Crippen LogP contribution in [-0.4, -0.2) is 75.5 Å². The van der Waals surface area contributed by atoms with Gasteiger partial charge in [-0.05, 0) is 64.2 Å². The van der Waals surface area contributed by atoms with E-state index in [-0.39, 0.29) is 42.7 Å². The molecule has 0 aliphatic carbocycles. The number of likely N-dealkylation sites (N-methyl/N-ethyl adjacent to an activating group) is 1. The molecule has 0 aromatic heterocycles. The number of carbonyl (C=O) groups excluding carboxylic acids is 3. The summed E-state index contributed by atoms with van der Waals surface area (Å²) < 4.78 is 17.2. The smallest absolute Gasteiger partial charge is 0.306 e. The zero-order chi connectivity index (χ0) is 40.0. The standard InChI is InChI=1S/C46H85NO7/c1-6-8-10-12-14-16-18-20-22-23-25-27-29-31-33-35-37-45(49)54-42(40-52-39-38-43(46(50)51)47(3,4)5)41-53-44(48)36-34-32-30-28-26-24-21-19-17-15-13-11-9-7-2/h19,21-23,42-43H,6-18,20,24-41H2,1-5H3/b21-19-,23-22-. The van der Waals surface area contributed by atoms with E-state index in [1.54, 1.807) is 21.1 Å². The normalized spacial score (nSPS) is 13.1. The van der Waals surface area contributed by atoms with Crippen LogP contribution in [0.5, 0.6) is 0 Å². The molecular weight excluding hydrogens is 679 g/mol. The summed E-state index contributed by atoms with van der Waals surface area (Å²) in [5.74, 6) is -1.75. The fraction of sp³-hybridized carbons (Fsp3) is 0.848. The maximum Gasteiger partial charge on any atom is 0.306 e. The molecule has 0 radical (unpaired) electrons. The van der Waals surface area contributed by atoms with E-state index in [9.17, 15) is 19.5 Å². The molecule has 0 amide bonds. The van der Waals surface area contributed by atoms with Gasteiger partial charge in [-0.25, -0.2) is 0 Å². The number of carbonyl (C=O) groups is 3. The van der Waals surface area contributed by atoms with Gasteiger partial charge in [0.05, 0.1) is 40.3 Å². The van der Waals surface area contributed by atoms with Crippen LogP contribution in [0.15, 0.2) is 24.3 Å². The molecule has 0 aliphatic rings. The van der Waals surface area contributed by atoms with Crippen molar-refractivity contribution in [2.45, 2.75) is 212 Å². The second-order valence-corrected chi connectivity index (χ2v) is 16.3. The summed E-state index contributed by atoms with van der Waals surface area (Å²) >= 11 is 0. The Kier molecular flexibility index (Phi) is 36.2. The van der Waals surface area contributed by atoms with Crippen LogP contribution >= 0.6 is 0 Å². The van der Waals surface area contributed by atoms with E-state index in [0.29, 0.717) is 12.8 Å². The lowest BCUT2D eigenvalue weighted by atomic mass is 10.1. The number of carboxylic acids is 1. The second kappa shape index (κ2) is 37.7. The number of quaternary nitrogens is 1. The Hall–Kier alpha value is -2.19.